The predicted octanol–water partition coefficient (Wildman–Crippen LogP) is 0.307. The van der Waals surface area contributed by atoms with Gasteiger partial charge in [-0.1, -0.05) is 0 Å². The van der Waals surface area contributed by atoms with Gasteiger partial charge in [-0.3, -0.25) is 4.90 Å². The Morgan fingerprint density at radius 2 is 2.14 bits per heavy atom. The first-order valence-corrected chi connectivity index (χ1v) is 7.90. The average molecular weight is 319 g/mol. The Labute approximate surface area is 128 Å². The second-order valence-electron chi connectivity index (χ2n) is 6.56. The van der Waals surface area contributed by atoms with E-state index in [4.69, 9.17) is 4.74 Å². The van der Waals surface area contributed by atoms with Crippen LogP contribution in [0.4, 0.5) is 13.6 Å². The van der Waals surface area contributed by atoms with Crippen molar-refractivity contribution in [3.63, 3.8) is 0 Å². The number of urea groups is 1. The zero-order chi connectivity index (χ0) is 15.7. The summed E-state index contributed by atoms with van der Waals surface area (Å²) in [5.41, 5.74) is 0. The van der Waals surface area contributed by atoms with Crippen LogP contribution >= 0.6 is 0 Å². The van der Waals surface area contributed by atoms with Gasteiger partial charge in [0.15, 0.2) is 0 Å². The molecule has 0 spiro atoms. The van der Waals surface area contributed by atoms with Gasteiger partial charge in [-0.05, 0) is 19.3 Å². The van der Waals surface area contributed by atoms with E-state index in [0.29, 0.717) is 6.54 Å². The third-order valence-corrected chi connectivity index (χ3v) is 4.73. The van der Waals surface area contributed by atoms with Gasteiger partial charge in [0, 0.05) is 25.6 Å². The van der Waals surface area contributed by atoms with Crippen molar-refractivity contribution in [2.24, 2.45) is 0 Å². The number of nitrogens with one attached hydrogen (secondary N) is 2. The standard InChI is InChI=1S/C14H23F2N3O3/c15-14(16)4-5-19(8-14)6-11-12(20)10(7-22-11)18-13(21)17-9-2-1-3-9/h9-12,20H,1-8H2,(H2,17,18,21)/t10-,11-,12+/m0/s1. The molecule has 2 heterocycles. The second-order valence-corrected chi connectivity index (χ2v) is 6.56. The summed E-state index contributed by atoms with van der Waals surface area (Å²) in [6.45, 7) is 0.479. The highest BCUT2D eigenvalue weighted by Gasteiger charge is 2.43. The van der Waals surface area contributed by atoms with Gasteiger partial charge in [0.25, 0.3) is 5.92 Å². The Balaban J connectivity index is 1.43. The molecule has 3 atom stereocenters. The lowest BCUT2D eigenvalue weighted by Gasteiger charge is -2.28. The lowest BCUT2D eigenvalue weighted by molar-refractivity contribution is -0.00728. The number of carbonyl (C=O) groups excluding carboxylic acids is 1. The van der Waals surface area contributed by atoms with Gasteiger partial charge in [0.05, 0.1) is 25.3 Å². The molecule has 0 aromatic carbocycles. The average Bonchev–Trinajstić information content (AvgIpc) is 2.91. The molecular formula is C14H23F2N3O3. The molecule has 2 saturated heterocycles. The molecule has 6 nitrogen and oxygen atoms in total. The van der Waals surface area contributed by atoms with E-state index in [9.17, 15) is 18.7 Å². The summed E-state index contributed by atoms with van der Waals surface area (Å²) in [6, 6.07) is -0.569. The van der Waals surface area contributed by atoms with Crippen molar-refractivity contribution < 1.29 is 23.4 Å². The van der Waals surface area contributed by atoms with E-state index in [-0.39, 0.29) is 38.2 Å². The maximum atomic E-state index is 13.2. The summed E-state index contributed by atoms with van der Waals surface area (Å²) >= 11 is 0. The summed E-state index contributed by atoms with van der Waals surface area (Å²) in [4.78, 5) is 13.4. The number of ether oxygens (including phenoxy) is 1. The van der Waals surface area contributed by atoms with E-state index in [1.807, 2.05) is 0 Å². The van der Waals surface area contributed by atoms with Crippen LogP contribution in [0.5, 0.6) is 0 Å². The molecule has 3 fully saturated rings. The highest BCUT2D eigenvalue weighted by atomic mass is 19.3. The minimum absolute atomic E-state index is 0.151. The number of hydrogen-bond donors (Lipinski definition) is 3. The first kappa shape index (κ1) is 15.9. The number of likely N-dealkylation sites (tertiary alicyclic amines) is 1. The second kappa shape index (κ2) is 6.25. The van der Waals surface area contributed by atoms with Crippen molar-refractivity contribution in [3.05, 3.63) is 0 Å². The lowest BCUT2D eigenvalue weighted by atomic mass is 9.93. The van der Waals surface area contributed by atoms with Crippen molar-refractivity contribution in [1.82, 2.24) is 15.5 Å². The fourth-order valence-electron chi connectivity index (χ4n) is 3.14. The Morgan fingerprint density at radius 3 is 2.73 bits per heavy atom. The van der Waals surface area contributed by atoms with Gasteiger partial charge < -0.3 is 20.5 Å². The number of aliphatic hydroxyl groups is 1. The smallest absolute Gasteiger partial charge is 0.315 e. The number of alkyl halides is 2. The van der Waals surface area contributed by atoms with Crippen LogP contribution in [-0.2, 0) is 4.74 Å². The van der Waals surface area contributed by atoms with Crippen molar-refractivity contribution >= 4 is 6.03 Å². The van der Waals surface area contributed by atoms with Crippen LogP contribution in [-0.4, -0.2) is 72.5 Å². The molecule has 1 saturated carbocycles. The molecule has 2 amide bonds. The van der Waals surface area contributed by atoms with E-state index in [1.54, 1.807) is 4.90 Å². The zero-order valence-corrected chi connectivity index (χ0v) is 12.4. The van der Waals surface area contributed by atoms with Crippen LogP contribution < -0.4 is 10.6 Å². The zero-order valence-electron chi connectivity index (χ0n) is 12.4. The third-order valence-electron chi connectivity index (χ3n) is 4.73. The molecule has 0 bridgehead atoms. The van der Waals surface area contributed by atoms with E-state index in [0.717, 1.165) is 19.3 Å². The first-order valence-electron chi connectivity index (χ1n) is 7.90. The topological polar surface area (TPSA) is 73.8 Å². The molecule has 3 aliphatic rings. The molecule has 1 aliphatic carbocycles. The van der Waals surface area contributed by atoms with Crippen LogP contribution in [0.1, 0.15) is 25.7 Å². The maximum absolute atomic E-state index is 13.2. The lowest BCUT2D eigenvalue weighted by Crippen LogP contribution is -2.52. The van der Waals surface area contributed by atoms with Crippen LogP contribution in [0.25, 0.3) is 0 Å². The molecule has 0 aromatic heterocycles. The fourth-order valence-corrected chi connectivity index (χ4v) is 3.14. The van der Waals surface area contributed by atoms with Crippen LogP contribution in [0.2, 0.25) is 0 Å². The molecule has 3 rings (SSSR count). The summed E-state index contributed by atoms with van der Waals surface area (Å²) in [6.07, 6.45) is 1.54. The Morgan fingerprint density at radius 1 is 1.36 bits per heavy atom. The summed E-state index contributed by atoms with van der Waals surface area (Å²) in [7, 11) is 0. The molecule has 22 heavy (non-hydrogen) atoms. The van der Waals surface area contributed by atoms with Crippen molar-refractivity contribution in [1.29, 1.82) is 0 Å². The Kier molecular flexibility index (Phi) is 4.52. The number of amides is 2. The van der Waals surface area contributed by atoms with E-state index < -0.39 is 24.2 Å². The Bertz CT molecular complexity index is 420. The minimum atomic E-state index is -2.65. The monoisotopic (exact) mass is 319 g/mol. The van der Waals surface area contributed by atoms with Crippen LogP contribution in [0.3, 0.4) is 0 Å². The molecule has 0 unspecified atom stereocenters. The van der Waals surface area contributed by atoms with Gasteiger partial charge in [0.1, 0.15) is 6.10 Å². The maximum Gasteiger partial charge on any atom is 0.315 e. The van der Waals surface area contributed by atoms with Gasteiger partial charge in [-0.2, -0.15) is 0 Å². The fraction of sp³-hybridized carbons (Fsp3) is 0.929. The number of rotatable bonds is 4. The van der Waals surface area contributed by atoms with Crippen molar-refractivity contribution in [2.75, 3.05) is 26.2 Å². The number of halogens is 2. The van der Waals surface area contributed by atoms with Crippen LogP contribution in [0.15, 0.2) is 0 Å². The number of nitrogens with zero attached hydrogens (tertiary/aromatic N) is 1. The van der Waals surface area contributed by atoms with Gasteiger partial charge >= 0.3 is 6.03 Å². The number of aliphatic hydroxyl groups excluding tert-OH is 1. The highest BCUT2D eigenvalue weighted by molar-refractivity contribution is 5.74. The van der Waals surface area contributed by atoms with Crippen LogP contribution in [0, 0.1) is 0 Å². The largest absolute Gasteiger partial charge is 0.388 e. The normalized spacial score (nSPS) is 35.3. The highest BCUT2D eigenvalue weighted by Crippen LogP contribution is 2.28. The molecule has 0 radical (unpaired) electrons. The summed E-state index contributed by atoms with van der Waals surface area (Å²) in [5, 5.41) is 15.8. The van der Waals surface area contributed by atoms with E-state index in [1.165, 1.54) is 0 Å². The summed E-state index contributed by atoms with van der Waals surface area (Å²) in [5.74, 6) is -2.65. The van der Waals surface area contributed by atoms with E-state index >= 15 is 0 Å². The van der Waals surface area contributed by atoms with Crippen molar-refractivity contribution in [3.8, 4) is 0 Å². The number of hydrogen-bond acceptors (Lipinski definition) is 4. The minimum Gasteiger partial charge on any atom is -0.388 e. The predicted molar refractivity (Wildman–Crippen MR) is 74.8 cm³/mol. The number of carbonyl (C=O) groups is 1. The van der Waals surface area contributed by atoms with Gasteiger partial charge in [-0.15, -0.1) is 0 Å². The molecule has 0 aromatic rings. The molecule has 8 heteroatoms. The Hall–Kier alpha value is -0.990. The molecular weight excluding hydrogens is 296 g/mol. The first-order chi connectivity index (χ1) is 10.4. The molecule has 2 aliphatic heterocycles. The third kappa shape index (κ3) is 3.67. The quantitative estimate of drug-likeness (QED) is 0.697. The molecule has 126 valence electrons. The molecule has 3 N–H and O–H groups in total. The van der Waals surface area contributed by atoms with Crippen molar-refractivity contribution in [2.45, 2.75) is 55.9 Å². The van der Waals surface area contributed by atoms with E-state index in [2.05, 4.69) is 10.6 Å². The SMILES string of the molecule is O=C(NC1CCC1)N[C@H]1CO[C@@H](CN2CCC(F)(F)C2)[C@@H]1O. The summed E-state index contributed by atoms with van der Waals surface area (Å²) < 4.78 is 31.8. The van der Waals surface area contributed by atoms with Gasteiger partial charge in [-0.25, -0.2) is 13.6 Å². The van der Waals surface area contributed by atoms with Gasteiger partial charge in [0.2, 0.25) is 0 Å².